The number of carbonyl (C=O) groups excluding carboxylic acids is 2. The number of rotatable bonds is 9. The first-order chi connectivity index (χ1) is 23.1. The maximum absolute atomic E-state index is 13.4. The average molecular weight is 666 g/mol. The zero-order chi connectivity index (χ0) is 33.7. The van der Waals surface area contributed by atoms with Gasteiger partial charge in [0, 0.05) is 62.6 Å². The Morgan fingerprint density at radius 3 is 2.48 bits per heavy atom. The summed E-state index contributed by atoms with van der Waals surface area (Å²) in [5, 5.41) is 3.05. The standard InChI is InChI=1S/C38H55N3O7/c1-27(14-16-31-22-38(26-46-38)25-37(3,4)48-31)15-17-34-44-23-29(24-45-34)39-35(42)33-13-9-8-12-32(33)28(2)47-36(43)41-20-18-40(19-21-41)30-10-6-5-7-11-30/h8-9,12-16,28-31,34H,5-7,10-11,17-26H2,1-4H3,(H,39,42)/b16-14+,27-15+/t28-,29?,31+,34?,38+/m0/s1. The zero-order valence-electron chi connectivity index (χ0n) is 29.3. The summed E-state index contributed by atoms with van der Waals surface area (Å²) in [6.07, 6.45) is 14.0. The van der Waals surface area contributed by atoms with Gasteiger partial charge in [-0.2, -0.15) is 0 Å². The van der Waals surface area contributed by atoms with Crippen LogP contribution >= 0.6 is 0 Å². The van der Waals surface area contributed by atoms with Crippen LogP contribution in [0.5, 0.6) is 0 Å². The van der Waals surface area contributed by atoms with Crippen molar-refractivity contribution in [2.45, 2.75) is 121 Å². The molecule has 1 N–H and O–H groups in total. The lowest BCUT2D eigenvalue weighted by Gasteiger charge is -2.40. The van der Waals surface area contributed by atoms with E-state index in [9.17, 15) is 9.59 Å². The number of amides is 2. The molecule has 1 aliphatic carbocycles. The van der Waals surface area contributed by atoms with Crippen LogP contribution in [-0.2, 0) is 23.7 Å². The quantitative estimate of drug-likeness (QED) is 0.256. The van der Waals surface area contributed by atoms with E-state index in [1.165, 1.54) is 32.1 Å². The van der Waals surface area contributed by atoms with Crippen molar-refractivity contribution in [1.29, 1.82) is 0 Å². The summed E-state index contributed by atoms with van der Waals surface area (Å²) in [5.74, 6) is -0.238. The van der Waals surface area contributed by atoms with Gasteiger partial charge < -0.3 is 33.9 Å². The third-order valence-electron chi connectivity index (χ3n) is 10.4. The number of hydrogen-bond donors (Lipinski definition) is 1. The van der Waals surface area contributed by atoms with E-state index in [2.05, 4.69) is 49.2 Å². The van der Waals surface area contributed by atoms with Gasteiger partial charge in [0.05, 0.1) is 43.2 Å². The lowest BCUT2D eigenvalue weighted by atomic mass is 9.85. The highest BCUT2D eigenvalue weighted by Gasteiger charge is 2.53. The van der Waals surface area contributed by atoms with Crippen LogP contribution in [-0.4, -0.2) is 103 Å². The maximum atomic E-state index is 13.4. The van der Waals surface area contributed by atoms with Crippen molar-refractivity contribution in [3.63, 3.8) is 0 Å². The molecule has 264 valence electrons. The van der Waals surface area contributed by atoms with Gasteiger partial charge in [-0.15, -0.1) is 0 Å². The lowest BCUT2D eigenvalue weighted by Crippen LogP contribution is -2.52. The Morgan fingerprint density at radius 2 is 1.77 bits per heavy atom. The Labute approximate surface area is 286 Å². The summed E-state index contributed by atoms with van der Waals surface area (Å²) in [4.78, 5) is 30.8. The van der Waals surface area contributed by atoms with Gasteiger partial charge >= 0.3 is 6.09 Å². The first kappa shape index (κ1) is 35.1. The highest BCUT2D eigenvalue weighted by atomic mass is 16.7. The molecule has 1 aromatic carbocycles. The van der Waals surface area contributed by atoms with Gasteiger partial charge in [-0.1, -0.05) is 61.3 Å². The second-order valence-electron chi connectivity index (χ2n) is 15.0. The molecule has 0 bridgehead atoms. The largest absolute Gasteiger partial charge is 0.441 e. The number of carbonyl (C=O) groups is 2. The summed E-state index contributed by atoms with van der Waals surface area (Å²) in [6.45, 7) is 12.8. The summed E-state index contributed by atoms with van der Waals surface area (Å²) >= 11 is 0. The zero-order valence-corrected chi connectivity index (χ0v) is 29.3. The molecule has 5 fully saturated rings. The van der Waals surface area contributed by atoms with Crippen molar-refractivity contribution in [2.24, 2.45) is 0 Å². The van der Waals surface area contributed by atoms with Crippen LogP contribution in [0.1, 0.15) is 101 Å². The Hall–Kier alpha value is -2.76. The van der Waals surface area contributed by atoms with E-state index >= 15 is 0 Å². The van der Waals surface area contributed by atoms with E-state index in [1.807, 2.05) is 25.1 Å². The molecule has 2 amide bonds. The van der Waals surface area contributed by atoms with Crippen molar-refractivity contribution < 1.29 is 33.3 Å². The second kappa shape index (κ2) is 15.4. The maximum Gasteiger partial charge on any atom is 0.410 e. The highest BCUT2D eigenvalue weighted by molar-refractivity contribution is 5.96. The number of piperazine rings is 1. The van der Waals surface area contributed by atoms with Crippen molar-refractivity contribution in [3.8, 4) is 0 Å². The molecule has 1 spiro atoms. The molecule has 0 aromatic heterocycles. The molecule has 3 atom stereocenters. The van der Waals surface area contributed by atoms with Crippen molar-refractivity contribution in [2.75, 3.05) is 46.0 Å². The predicted molar refractivity (Wildman–Crippen MR) is 183 cm³/mol. The van der Waals surface area contributed by atoms with Crippen LogP contribution in [0.25, 0.3) is 0 Å². The molecule has 10 heteroatoms. The SMILES string of the molecule is CC(/C=C/[C@@H]1C[C@]2(CO2)CC(C)(C)O1)=C\CC1OCC(NC(=O)c2ccccc2[C@H](C)OC(=O)N2CCN(C3CCCCC3)CC2)CO1. The summed E-state index contributed by atoms with van der Waals surface area (Å²) < 4.78 is 29.8. The van der Waals surface area contributed by atoms with Crippen LogP contribution in [0.3, 0.4) is 0 Å². The molecule has 4 saturated heterocycles. The second-order valence-corrected chi connectivity index (χ2v) is 15.0. The molecule has 0 radical (unpaired) electrons. The Balaban J connectivity index is 0.932. The molecule has 48 heavy (non-hydrogen) atoms. The van der Waals surface area contributed by atoms with E-state index in [0.717, 1.165) is 38.1 Å². The molecule has 4 aliphatic heterocycles. The highest BCUT2D eigenvalue weighted by Crippen LogP contribution is 2.46. The number of nitrogens with zero attached hydrogens (tertiary/aromatic N) is 2. The van der Waals surface area contributed by atoms with Gasteiger partial charge in [-0.3, -0.25) is 9.69 Å². The fourth-order valence-electron chi connectivity index (χ4n) is 7.84. The summed E-state index contributed by atoms with van der Waals surface area (Å²) in [6, 6.07) is 7.67. The molecule has 10 nitrogen and oxygen atoms in total. The smallest absolute Gasteiger partial charge is 0.410 e. The van der Waals surface area contributed by atoms with Crippen LogP contribution in [0.4, 0.5) is 4.79 Å². The van der Waals surface area contributed by atoms with E-state index in [0.29, 0.717) is 49.9 Å². The summed E-state index contributed by atoms with van der Waals surface area (Å²) in [7, 11) is 0. The molecular weight excluding hydrogens is 610 g/mol. The van der Waals surface area contributed by atoms with Crippen molar-refractivity contribution in [3.05, 3.63) is 59.2 Å². The number of epoxide rings is 1. The van der Waals surface area contributed by atoms with Gasteiger partial charge in [0.15, 0.2) is 6.29 Å². The Morgan fingerprint density at radius 1 is 1.06 bits per heavy atom. The fourth-order valence-corrected chi connectivity index (χ4v) is 7.84. The average Bonchev–Trinajstić information content (AvgIpc) is 3.83. The number of ether oxygens (including phenoxy) is 5. The Bertz CT molecular complexity index is 1310. The molecule has 5 aliphatic rings. The normalized spacial score (nSPS) is 30.7. The van der Waals surface area contributed by atoms with E-state index in [1.54, 1.807) is 11.0 Å². The van der Waals surface area contributed by atoms with E-state index in [4.69, 9.17) is 23.7 Å². The topological polar surface area (TPSA) is 102 Å². The first-order valence-electron chi connectivity index (χ1n) is 18.1. The Kier molecular flexibility index (Phi) is 11.3. The number of benzene rings is 1. The minimum atomic E-state index is -0.567. The van der Waals surface area contributed by atoms with E-state index in [-0.39, 0.29) is 41.6 Å². The van der Waals surface area contributed by atoms with Crippen molar-refractivity contribution in [1.82, 2.24) is 15.1 Å². The first-order valence-corrected chi connectivity index (χ1v) is 18.1. The lowest BCUT2D eigenvalue weighted by molar-refractivity contribution is -0.185. The third kappa shape index (κ3) is 9.27. The monoisotopic (exact) mass is 665 g/mol. The number of hydrogen-bond acceptors (Lipinski definition) is 8. The fraction of sp³-hybridized carbons (Fsp3) is 0.684. The molecule has 1 aromatic rings. The molecule has 1 saturated carbocycles. The molecular formula is C38H55N3O7. The van der Waals surface area contributed by atoms with Crippen molar-refractivity contribution >= 4 is 12.0 Å². The van der Waals surface area contributed by atoms with Gasteiger partial charge in [0.25, 0.3) is 5.91 Å². The number of allylic oxidation sites excluding steroid dienone is 2. The van der Waals surface area contributed by atoms with Crippen LogP contribution < -0.4 is 5.32 Å². The summed E-state index contributed by atoms with van der Waals surface area (Å²) in [5.41, 5.74) is 2.09. The minimum absolute atomic E-state index is 0.00110. The number of nitrogens with one attached hydrogen (secondary N) is 1. The molecule has 6 rings (SSSR count). The molecule has 4 heterocycles. The van der Waals surface area contributed by atoms with Crippen LogP contribution in [0, 0.1) is 0 Å². The van der Waals surface area contributed by atoms with Crippen LogP contribution in [0.15, 0.2) is 48.1 Å². The molecule has 0 unspecified atom stereocenters. The van der Waals surface area contributed by atoms with Gasteiger partial charge in [-0.25, -0.2) is 4.79 Å². The van der Waals surface area contributed by atoms with E-state index < -0.39 is 6.10 Å². The minimum Gasteiger partial charge on any atom is -0.441 e. The van der Waals surface area contributed by atoms with Crippen LogP contribution in [0.2, 0.25) is 0 Å². The predicted octanol–water partition coefficient (Wildman–Crippen LogP) is 5.93. The van der Waals surface area contributed by atoms with Gasteiger partial charge in [0.2, 0.25) is 0 Å². The third-order valence-corrected chi connectivity index (χ3v) is 10.4. The van der Waals surface area contributed by atoms with Gasteiger partial charge in [0.1, 0.15) is 6.10 Å². The van der Waals surface area contributed by atoms with Gasteiger partial charge in [-0.05, 0) is 46.6 Å².